The van der Waals surface area contributed by atoms with Gasteiger partial charge in [0, 0.05) is 31.1 Å². The standard InChI is InChI=1S/C16H23N3O/c1-16(2,20)11-19(4)10-13-9-12-7-5-6-8-14(12)18-15(13)17-3/h5-9,20H,10-11H2,1-4H3,(H,17,18). The Morgan fingerprint density at radius 1 is 1.30 bits per heavy atom. The van der Waals surface area contributed by atoms with Crippen LogP contribution in [-0.4, -0.2) is 41.2 Å². The van der Waals surface area contributed by atoms with Crippen LogP contribution in [-0.2, 0) is 6.54 Å². The Morgan fingerprint density at radius 3 is 2.65 bits per heavy atom. The van der Waals surface area contributed by atoms with E-state index in [-0.39, 0.29) is 0 Å². The van der Waals surface area contributed by atoms with Gasteiger partial charge >= 0.3 is 0 Å². The molecule has 2 rings (SSSR count). The lowest BCUT2D eigenvalue weighted by Crippen LogP contribution is -2.36. The van der Waals surface area contributed by atoms with Crippen molar-refractivity contribution in [1.29, 1.82) is 0 Å². The zero-order valence-electron chi connectivity index (χ0n) is 12.6. The molecule has 4 nitrogen and oxygen atoms in total. The van der Waals surface area contributed by atoms with E-state index in [2.05, 4.69) is 27.3 Å². The van der Waals surface area contributed by atoms with Crippen molar-refractivity contribution in [3.63, 3.8) is 0 Å². The van der Waals surface area contributed by atoms with Crippen molar-refractivity contribution in [2.45, 2.75) is 26.0 Å². The van der Waals surface area contributed by atoms with Gasteiger partial charge in [0.05, 0.1) is 11.1 Å². The van der Waals surface area contributed by atoms with Gasteiger partial charge in [0.25, 0.3) is 0 Å². The van der Waals surface area contributed by atoms with E-state index < -0.39 is 5.60 Å². The van der Waals surface area contributed by atoms with Gasteiger partial charge in [-0.3, -0.25) is 4.90 Å². The Balaban J connectivity index is 2.28. The number of hydrogen-bond donors (Lipinski definition) is 2. The van der Waals surface area contributed by atoms with Crippen molar-refractivity contribution in [3.05, 3.63) is 35.9 Å². The van der Waals surface area contributed by atoms with Crippen LogP contribution in [0.4, 0.5) is 5.82 Å². The number of pyridine rings is 1. The Hall–Kier alpha value is -1.65. The van der Waals surface area contributed by atoms with Crippen molar-refractivity contribution >= 4 is 16.7 Å². The van der Waals surface area contributed by atoms with Gasteiger partial charge in [-0.05, 0) is 33.0 Å². The molecule has 1 heterocycles. The number of nitrogens with one attached hydrogen (secondary N) is 1. The highest BCUT2D eigenvalue weighted by molar-refractivity contribution is 5.81. The molecule has 0 unspecified atom stereocenters. The first-order chi connectivity index (χ1) is 9.39. The fourth-order valence-corrected chi connectivity index (χ4v) is 2.50. The Morgan fingerprint density at radius 2 is 2.00 bits per heavy atom. The zero-order chi connectivity index (χ0) is 14.8. The molecule has 0 atom stereocenters. The molecule has 0 saturated heterocycles. The second kappa shape index (κ2) is 5.77. The largest absolute Gasteiger partial charge is 0.389 e. The number of para-hydroxylation sites is 1. The normalized spacial score (nSPS) is 12.1. The highest BCUT2D eigenvalue weighted by Crippen LogP contribution is 2.21. The van der Waals surface area contributed by atoms with Gasteiger partial charge in [-0.1, -0.05) is 18.2 Å². The molecule has 1 aromatic heterocycles. The van der Waals surface area contributed by atoms with E-state index in [1.165, 1.54) is 0 Å². The molecular weight excluding hydrogens is 250 g/mol. The summed E-state index contributed by atoms with van der Waals surface area (Å²) in [4.78, 5) is 6.75. The summed E-state index contributed by atoms with van der Waals surface area (Å²) in [5, 5.41) is 14.2. The zero-order valence-corrected chi connectivity index (χ0v) is 12.6. The minimum Gasteiger partial charge on any atom is -0.389 e. The van der Waals surface area contributed by atoms with Gasteiger partial charge in [0.1, 0.15) is 5.82 Å². The molecule has 0 radical (unpaired) electrons. The molecule has 0 amide bonds. The Kier molecular flexibility index (Phi) is 4.26. The maximum Gasteiger partial charge on any atom is 0.130 e. The topological polar surface area (TPSA) is 48.4 Å². The van der Waals surface area contributed by atoms with E-state index in [1.807, 2.05) is 46.1 Å². The minimum absolute atomic E-state index is 0.614. The number of benzene rings is 1. The van der Waals surface area contributed by atoms with E-state index >= 15 is 0 Å². The van der Waals surface area contributed by atoms with Crippen LogP contribution in [0.3, 0.4) is 0 Å². The summed E-state index contributed by atoms with van der Waals surface area (Å²) in [5.41, 5.74) is 1.43. The summed E-state index contributed by atoms with van der Waals surface area (Å²) < 4.78 is 0. The number of likely N-dealkylation sites (N-methyl/N-ethyl adjacent to an activating group) is 1. The summed E-state index contributed by atoms with van der Waals surface area (Å²) in [6.45, 7) is 5.00. The van der Waals surface area contributed by atoms with E-state index in [4.69, 9.17) is 0 Å². The van der Waals surface area contributed by atoms with Crippen LogP contribution >= 0.6 is 0 Å². The highest BCUT2D eigenvalue weighted by Gasteiger charge is 2.17. The van der Waals surface area contributed by atoms with Crippen molar-refractivity contribution in [3.8, 4) is 0 Å². The maximum atomic E-state index is 9.89. The van der Waals surface area contributed by atoms with E-state index in [0.717, 1.165) is 28.8 Å². The van der Waals surface area contributed by atoms with Gasteiger partial charge < -0.3 is 10.4 Å². The van der Waals surface area contributed by atoms with Crippen LogP contribution in [0.2, 0.25) is 0 Å². The maximum absolute atomic E-state index is 9.89. The number of anilines is 1. The SMILES string of the molecule is CNc1nc2ccccc2cc1CN(C)CC(C)(C)O. The van der Waals surface area contributed by atoms with Gasteiger partial charge in [-0.2, -0.15) is 0 Å². The number of hydrogen-bond acceptors (Lipinski definition) is 4. The van der Waals surface area contributed by atoms with Crippen molar-refractivity contribution in [2.75, 3.05) is 26.0 Å². The molecule has 1 aromatic carbocycles. The molecule has 0 aliphatic rings. The lowest BCUT2D eigenvalue weighted by Gasteiger charge is -2.26. The molecule has 20 heavy (non-hydrogen) atoms. The summed E-state index contributed by atoms with van der Waals surface area (Å²) in [5.74, 6) is 0.895. The fraction of sp³-hybridized carbons (Fsp3) is 0.438. The van der Waals surface area contributed by atoms with Gasteiger partial charge in [-0.25, -0.2) is 4.98 Å². The summed E-state index contributed by atoms with van der Waals surface area (Å²) >= 11 is 0. The molecule has 0 bridgehead atoms. The molecule has 108 valence electrons. The summed E-state index contributed by atoms with van der Waals surface area (Å²) in [6, 6.07) is 10.3. The third-order valence-electron chi connectivity index (χ3n) is 3.14. The lowest BCUT2D eigenvalue weighted by atomic mass is 10.1. The molecule has 2 aromatic rings. The van der Waals surface area contributed by atoms with Gasteiger partial charge in [0.2, 0.25) is 0 Å². The summed E-state index contributed by atoms with van der Waals surface area (Å²) in [7, 11) is 3.89. The lowest BCUT2D eigenvalue weighted by molar-refractivity contribution is 0.0425. The smallest absolute Gasteiger partial charge is 0.130 e. The van der Waals surface area contributed by atoms with E-state index in [0.29, 0.717) is 6.54 Å². The first-order valence-electron chi connectivity index (χ1n) is 6.86. The van der Waals surface area contributed by atoms with Crippen molar-refractivity contribution < 1.29 is 5.11 Å². The predicted molar refractivity (Wildman–Crippen MR) is 83.9 cm³/mol. The van der Waals surface area contributed by atoms with E-state index in [1.54, 1.807) is 0 Å². The molecule has 0 saturated carbocycles. The van der Waals surface area contributed by atoms with Gasteiger partial charge in [-0.15, -0.1) is 0 Å². The van der Waals surface area contributed by atoms with Crippen molar-refractivity contribution in [2.24, 2.45) is 0 Å². The molecule has 0 fully saturated rings. The summed E-state index contributed by atoms with van der Waals surface area (Å²) in [6.07, 6.45) is 0. The minimum atomic E-state index is -0.696. The predicted octanol–water partition coefficient (Wildman–Crippen LogP) is 2.48. The van der Waals surface area contributed by atoms with Crippen LogP contribution in [0.15, 0.2) is 30.3 Å². The average Bonchev–Trinajstić information content (AvgIpc) is 2.35. The van der Waals surface area contributed by atoms with E-state index in [9.17, 15) is 5.11 Å². The quantitative estimate of drug-likeness (QED) is 0.878. The van der Waals surface area contributed by atoms with Crippen LogP contribution in [0.1, 0.15) is 19.4 Å². The number of fused-ring (bicyclic) bond motifs is 1. The molecular formula is C16H23N3O. The number of aliphatic hydroxyl groups is 1. The first kappa shape index (κ1) is 14.8. The molecule has 2 N–H and O–H groups in total. The molecule has 0 spiro atoms. The monoisotopic (exact) mass is 273 g/mol. The average molecular weight is 273 g/mol. The molecule has 0 aliphatic heterocycles. The Labute approximate surface area is 120 Å². The molecule has 4 heteroatoms. The molecule has 0 aliphatic carbocycles. The third-order valence-corrected chi connectivity index (χ3v) is 3.14. The van der Waals surface area contributed by atoms with Gasteiger partial charge in [0.15, 0.2) is 0 Å². The third kappa shape index (κ3) is 3.68. The number of aromatic nitrogens is 1. The van der Waals surface area contributed by atoms with Crippen molar-refractivity contribution in [1.82, 2.24) is 9.88 Å². The number of rotatable bonds is 5. The number of nitrogens with zero attached hydrogens (tertiary/aromatic N) is 2. The van der Waals surface area contributed by atoms with Crippen LogP contribution < -0.4 is 5.32 Å². The van der Waals surface area contributed by atoms with Crippen LogP contribution in [0.25, 0.3) is 10.9 Å². The fourth-order valence-electron chi connectivity index (χ4n) is 2.50. The first-order valence-corrected chi connectivity index (χ1v) is 6.86. The second-order valence-electron chi connectivity index (χ2n) is 5.92. The Bertz CT molecular complexity index is 590. The van der Waals surface area contributed by atoms with Crippen LogP contribution in [0.5, 0.6) is 0 Å². The second-order valence-corrected chi connectivity index (χ2v) is 5.92. The highest BCUT2D eigenvalue weighted by atomic mass is 16.3. The van der Waals surface area contributed by atoms with Crippen LogP contribution in [0, 0.1) is 0 Å².